The summed E-state index contributed by atoms with van der Waals surface area (Å²) in [6, 6.07) is 6.33. The van der Waals surface area contributed by atoms with Crippen LogP contribution in [0.3, 0.4) is 0 Å². The zero-order valence-electron chi connectivity index (χ0n) is 14.3. The Morgan fingerprint density at radius 2 is 2.15 bits per heavy atom. The predicted molar refractivity (Wildman–Crippen MR) is 103 cm³/mol. The molecule has 1 N–H and O–H groups in total. The van der Waals surface area contributed by atoms with Crippen LogP contribution in [0.2, 0.25) is 0 Å². The van der Waals surface area contributed by atoms with Gasteiger partial charge in [0.25, 0.3) is 0 Å². The Hall–Kier alpha value is -1.49. The predicted octanol–water partition coefficient (Wildman–Crippen LogP) is 2.69. The van der Waals surface area contributed by atoms with Crippen LogP contribution < -0.4 is 5.32 Å². The number of carbonyl (C=O) groups excluding carboxylic acids is 1. The van der Waals surface area contributed by atoms with E-state index in [-0.39, 0.29) is 16.6 Å². The van der Waals surface area contributed by atoms with E-state index in [1.54, 1.807) is 34.1 Å². The fraction of sp³-hybridized carbons (Fsp3) is 0.438. The molecule has 1 aromatic heterocycles. The van der Waals surface area contributed by atoms with E-state index < -0.39 is 10.0 Å². The first-order chi connectivity index (χ1) is 12.4. The fourth-order valence-corrected chi connectivity index (χ4v) is 5.66. The van der Waals surface area contributed by atoms with E-state index in [0.29, 0.717) is 24.7 Å². The summed E-state index contributed by atoms with van der Waals surface area (Å²) in [6.07, 6.45) is 1.95. The standard InChI is InChI=1S/C16H20N4O3S3/c1-12-3-2-8-20(9-12)26(22,23)14-6-4-13(5-7-14)18-15(21)10-24-16-19-17-11-25-16/h4-7,11-12H,2-3,8-10H2,1H3,(H,18,21). The van der Waals surface area contributed by atoms with Crippen molar-refractivity contribution in [2.45, 2.75) is 29.0 Å². The minimum Gasteiger partial charge on any atom is -0.325 e. The van der Waals surface area contributed by atoms with Crippen LogP contribution in [0, 0.1) is 5.92 Å². The molecule has 1 aromatic carbocycles. The molecule has 10 heteroatoms. The SMILES string of the molecule is CC1CCCN(S(=O)(=O)c2ccc(NC(=O)CSc3nncs3)cc2)C1. The highest BCUT2D eigenvalue weighted by Crippen LogP contribution is 2.24. The fourth-order valence-electron chi connectivity index (χ4n) is 2.77. The maximum absolute atomic E-state index is 12.7. The Labute approximate surface area is 161 Å². The Morgan fingerprint density at radius 1 is 1.38 bits per heavy atom. The number of amides is 1. The lowest BCUT2D eigenvalue weighted by Gasteiger charge is -2.30. The third kappa shape index (κ3) is 4.81. The molecule has 1 aliphatic heterocycles. The average molecular weight is 413 g/mol. The summed E-state index contributed by atoms with van der Waals surface area (Å²) in [5.41, 5.74) is 2.18. The van der Waals surface area contributed by atoms with E-state index in [0.717, 1.165) is 17.2 Å². The number of carbonyl (C=O) groups is 1. The van der Waals surface area contributed by atoms with Gasteiger partial charge in [0.2, 0.25) is 15.9 Å². The van der Waals surface area contributed by atoms with Gasteiger partial charge >= 0.3 is 0 Å². The maximum atomic E-state index is 12.7. The van der Waals surface area contributed by atoms with Gasteiger partial charge in [-0.25, -0.2) is 8.42 Å². The summed E-state index contributed by atoms with van der Waals surface area (Å²) in [5, 5.41) is 10.3. The monoisotopic (exact) mass is 412 g/mol. The lowest BCUT2D eigenvalue weighted by molar-refractivity contribution is -0.113. The van der Waals surface area contributed by atoms with E-state index in [9.17, 15) is 13.2 Å². The second kappa shape index (κ2) is 8.47. The largest absolute Gasteiger partial charge is 0.325 e. The van der Waals surface area contributed by atoms with Gasteiger partial charge in [0.1, 0.15) is 5.51 Å². The molecule has 140 valence electrons. The van der Waals surface area contributed by atoms with Crippen LogP contribution in [0.1, 0.15) is 19.8 Å². The number of thioether (sulfide) groups is 1. The highest BCUT2D eigenvalue weighted by atomic mass is 32.2. The smallest absolute Gasteiger partial charge is 0.243 e. The molecule has 0 radical (unpaired) electrons. The minimum absolute atomic E-state index is 0.175. The van der Waals surface area contributed by atoms with Crippen molar-refractivity contribution >= 4 is 44.7 Å². The molecular weight excluding hydrogens is 392 g/mol. The molecule has 2 heterocycles. The molecule has 1 amide bonds. The number of nitrogens with one attached hydrogen (secondary N) is 1. The van der Waals surface area contributed by atoms with Crippen LogP contribution in [0.15, 0.2) is 39.0 Å². The number of anilines is 1. The molecule has 0 aliphatic carbocycles. The van der Waals surface area contributed by atoms with Gasteiger partial charge in [0, 0.05) is 18.8 Å². The minimum atomic E-state index is -3.48. The molecule has 3 rings (SSSR count). The summed E-state index contributed by atoms with van der Waals surface area (Å²) in [6.45, 7) is 3.19. The summed E-state index contributed by atoms with van der Waals surface area (Å²) < 4.78 is 27.7. The highest BCUT2D eigenvalue weighted by molar-refractivity contribution is 8.01. The number of rotatable bonds is 6. The van der Waals surface area contributed by atoms with Gasteiger partial charge in [-0.2, -0.15) is 4.31 Å². The van der Waals surface area contributed by atoms with E-state index >= 15 is 0 Å². The van der Waals surface area contributed by atoms with Gasteiger partial charge in [-0.1, -0.05) is 30.0 Å². The second-order valence-electron chi connectivity index (χ2n) is 6.18. The summed E-state index contributed by atoms with van der Waals surface area (Å²) in [7, 11) is -3.48. The quantitative estimate of drug-likeness (QED) is 0.734. The molecule has 26 heavy (non-hydrogen) atoms. The second-order valence-corrected chi connectivity index (χ2v) is 10.2. The van der Waals surface area contributed by atoms with Crippen LogP contribution in [-0.4, -0.2) is 47.7 Å². The molecule has 0 spiro atoms. The molecule has 1 aliphatic rings. The van der Waals surface area contributed by atoms with E-state index in [1.807, 2.05) is 0 Å². The van der Waals surface area contributed by atoms with E-state index in [1.165, 1.54) is 23.1 Å². The van der Waals surface area contributed by atoms with Gasteiger partial charge in [0.15, 0.2) is 4.34 Å². The van der Waals surface area contributed by atoms with Gasteiger partial charge < -0.3 is 5.32 Å². The zero-order chi connectivity index (χ0) is 18.6. The summed E-state index contributed by atoms with van der Waals surface area (Å²) in [5.74, 6) is 0.425. The Kier molecular flexibility index (Phi) is 6.28. The van der Waals surface area contributed by atoms with Gasteiger partial charge in [-0.05, 0) is 43.0 Å². The van der Waals surface area contributed by atoms with Crippen molar-refractivity contribution in [1.82, 2.24) is 14.5 Å². The molecule has 1 unspecified atom stereocenters. The molecule has 1 fully saturated rings. The number of sulfonamides is 1. The molecular formula is C16H20N4O3S3. The van der Waals surface area contributed by atoms with Crippen LogP contribution in [-0.2, 0) is 14.8 Å². The van der Waals surface area contributed by atoms with Gasteiger partial charge in [-0.15, -0.1) is 10.2 Å². The van der Waals surface area contributed by atoms with E-state index in [4.69, 9.17) is 0 Å². The third-order valence-corrected chi connectivity index (χ3v) is 7.80. The van der Waals surface area contributed by atoms with Crippen LogP contribution in [0.4, 0.5) is 5.69 Å². The van der Waals surface area contributed by atoms with Crippen molar-refractivity contribution in [3.05, 3.63) is 29.8 Å². The molecule has 0 bridgehead atoms. The van der Waals surface area contributed by atoms with Gasteiger partial charge in [0.05, 0.1) is 10.6 Å². The topological polar surface area (TPSA) is 92.3 Å². The average Bonchev–Trinajstić information content (AvgIpc) is 3.14. The molecule has 7 nitrogen and oxygen atoms in total. The normalized spacial score (nSPS) is 18.6. The lowest BCUT2D eigenvalue weighted by Crippen LogP contribution is -2.39. The number of hydrogen-bond donors (Lipinski definition) is 1. The molecule has 1 saturated heterocycles. The number of aromatic nitrogens is 2. The number of piperidine rings is 1. The maximum Gasteiger partial charge on any atom is 0.243 e. The van der Waals surface area contributed by atoms with Crippen molar-refractivity contribution < 1.29 is 13.2 Å². The van der Waals surface area contributed by atoms with Crippen molar-refractivity contribution in [2.75, 3.05) is 24.2 Å². The van der Waals surface area contributed by atoms with Crippen LogP contribution in [0.5, 0.6) is 0 Å². The summed E-state index contributed by atoms with van der Waals surface area (Å²) >= 11 is 2.69. The van der Waals surface area contributed by atoms with E-state index in [2.05, 4.69) is 22.4 Å². The first-order valence-electron chi connectivity index (χ1n) is 8.24. The third-order valence-electron chi connectivity index (χ3n) is 4.06. The molecule has 0 saturated carbocycles. The van der Waals surface area contributed by atoms with Crippen LogP contribution in [0.25, 0.3) is 0 Å². The first kappa shape index (κ1) is 19.3. The van der Waals surface area contributed by atoms with Crippen molar-refractivity contribution in [2.24, 2.45) is 5.92 Å². The summed E-state index contributed by atoms with van der Waals surface area (Å²) in [4.78, 5) is 12.2. The zero-order valence-corrected chi connectivity index (χ0v) is 16.7. The molecule has 2 aromatic rings. The van der Waals surface area contributed by atoms with Crippen LogP contribution >= 0.6 is 23.1 Å². The van der Waals surface area contributed by atoms with Gasteiger partial charge in [-0.3, -0.25) is 4.79 Å². The molecule has 1 atom stereocenters. The number of nitrogens with zero attached hydrogens (tertiary/aromatic N) is 3. The van der Waals surface area contributed by atoms with Crippen molar-refractivity contribution in [3.8, 4) is 0 Å². The number of hydrogen-bond acceptors (Lipinski definition) is 7. The Morgan fingerprint density at radius 3 is 2.81 bits per heavy atom. The van der Waals surface area contributed by atoms with Crippen molar-refractivity contribution in [1.29, 1.82) is 0 Å². The Bertz CT molecular complexity index is 838. The highest BCUT2D eigenvalue weighted by Gasteiger charge is 2.28. The lowest BCUT2D eigenvalue weighted by atomic mass is 10.0. The first-order valence-corrected chi connectivity index (χ1v) is 11.5. The van der Waals surface area contributed by atoms with Crippen molar-refractivity contribution in [3.63, 3.8) is 0 Å². The number of benzene rings is 1. The Balaban J connectivity index is 1.59.